The first-order valence-electron chi connectivity index (χ1n) is 7.12. The van der Waals surface area contributed by atoms with Crippen molar-refractivity contribution in [2.45, 2.75) is 26.4 Å². The van der Waals surface area contributed by atoms with Gasteiger partial charge in [-0.3, -0.25) is 10.1 Å². The Kier molecular flexibility index (Phi) is 6.33. The number of ether oxygens (including phenoxy) is 1. The molecule has 0 saturated heterocycles. The number of hydrogen-bond donors (Lipinski definition) is 2. The van der Waals surface area contributed by atoms with Gasteiger partial charge in [-0.2, -0.15) is 0 Å². The molecule has 0 spiro atoms. The van der Waals surface area contributed by atoms with Crippen molar-refractivity contribution in [3.8, 4) is 0 Å². The summed E-state index contributed by atoms with van der Waals surface area (Å²) in [6.45, 7) is 12.5. The predicted octanol–water partition coefficient (Wildman–Crippen LogP) is 4.27. The Labute approximate surface area is 136 Å². The molecule has 0 unspecified atom stereocenters. The zero-order valence-electron chi connectivity index (χ0n) is 13.7. The molecule has 0 fully saturated rings. The molecule has 5 nitrogen and oxygen atoms in total. The fraction of sp³-hybridized carbons (Fsp3) is 0.222. The number of benzene rings is 1. The van der Waals surface area contributed by atoms with Gasteiger partial charge < -0.3 is 10.1 Å². The molecule has 1 rings (SSSR count). The van der Waals surface area contributed by atoms with Crippen LogP contribution in [0.1, 0.15) is 20.8 Å². The van der Waals surface area contributed by atoms with Crippen molar-refractivity contribution in [3.05, 3.63) is 61.2 Å². The Balaban J connectivity index is 2.68. The highest BCUT2D eigenvalue weighted by atomic mass is 16.6. The molecule has 122 valence electrons. The molecule has 2 amide bonds. The second kappa shape index (κ2) is 7.98. The van der Waals surface area contributed by atoms with Crippen LogP contribution in [-0.4, -0.2) is 17.6 Å². The molecular formula is C18H22N2O3. The van der Waals surface area contributed by atoms with E-state index in [0.717, 1.165) is 0 Å². The van der Waals surface area contributed by atoms with Gasteiger partial charge in [-0.1, -0.05) is 31.4 Å². The SMILES string of the molecule is C=C/C=C(\C=C)C(=O)Nc1ccc(NC(=O)OC(C)(C)C)cc1. The smallest absolute Gasteiger partial charge is 0.412 e. The van der Waals surface area contributed by atoms with Crippen LogP contribution in [0.2, 0.25) is 0 Å². The van der Waals surface area contributed by atoms with Gasteiger partial charge in [0.2, 0.25) is 0 Å². The van der Waals surface area contributed by atoms with Gasteiger partial charge in [0.05, 0.1) is 0 Å². The van der Waals surface area contributed by atoms with Gasteiger partial charge in [0.15, 0.2) is 0 Å². The van der Waals surface area contributed by atoms with Crippen molar-refractivity contribution >= 4 is 23.4 Å². The van der Waals surface area contributed by atoms with Gasteiger partial charge in [-0.15, -0.1) is 0 Å². The van der Waals surface area contributed by atoms with Crippen LogP contribution in [0, 0.1) is 0 Å². The Bertz CT molecular complexity index is 623. The van der Waals surface area contributed by atoms with Gasteiger partial charge in [0.25, 0.3) is 5.91 Å². The number of amides is 2. The molecule has 1 aromatic carbocycles. The molecule has 23 heavy (non-hydrogen) atoms. The summed E-state index contributed by atoms with van der Waals surface area (Å²) in [6.07, 6.45) is 4.01. The van der Waals surface area contributed by atoms with E-state index < -0.39 is 11.7 Å². The standard InChI is InChI=1S/C18H22N2O3/c1-6-8-13(7-2)16(21)19-14-9-11-15(12-10-14)20-17(22)23-18(3,4)5/h6-12H,1-2H2,3-5H3,(H,19,21)(H,20,22)/b13-8+. The number of nitrogens with one attached hydrogen (secondary N) is 2. The zero-order valence-corrected chi connectivity index (χ0v) is 13.7. The van der Waals surface area contributed by atoms with Crippen LogP contribution >= 0.6 is 0 Å². The third kappa shape index (κ3) is 6.65. The fourth-order valence-electron chi connectivity index (χ4n) is 1.63. The van der Waals surface area contributed by atoms with Crippen molar-refractivity contribution < 1.29 is 14.3 Å². The van der Waals surface area contributed by atoms with E-state index in [-0.39, 0.29) is 5.91 Å². The molecule has 0 aliphatic carbocycles. The highest BCUT2D eigenvalue weighted by molar-refractivity contribution is 6.05. The fourth-order valence-corrected chi connectivity index (χ4v) is 1.63. The zero-order chi connectivity index (χ0) is 17.5. The maximum absolute atomic E-state index is 12.0. The van der Waals surface area contributed by atoms with Crippen LogP contribution < -0.4 is 10.6 Å². The summed E-state index contributed by atoms with van der Waals surface area (Å²) >= 11 is 0. The van der Waals surface area contributed by atoms with Crippen molar-refractivity contribution in [1.29, 1.82) is 0 Å². The Morgan fingerprint density at radius 3 is 2.00 bits per heavy atom. The second-order valence-electron chi connectivity index (χ2n) is 5.72. The minimum Gasteiger partial charge on any atom is -0.444 e. The lowest BCUT2D eigenvalue weighted by atomic mass is 10.2. The third-order valence-corrected chi connectivity index (χ3v) is 2.57. The topological polar surface area (TPSA) is 67.4 Å². The third-order valence-electron chi connectivity index (χ3n) is 2.57. The molecule has 2 N–H and O–H groups in total. The summed E-state index contributed by atoms with van der Waals surface area (Å²) in [7, 11) is 0. The molecule has 1 aromatic rings. The summed E-state index contributed by atoms with van der Waals surface area (Å²) in [5, 5.41) is 5.34. The first-order valence-corrected chi connectivity index (χ1v) is 7.12. The van der Waals surface area contributed by atoms with Crippen molar-refractivity contribution in [2.24, 2.45) is 0 Å². The highest BCUT2D eigenvalue weighted by Crippen LogP contribution is 2.16. The molecule has 0 saturated carbocycles. The van der Waals surface area contributed by atoms with E-state index in [0.29, 0.717) is 16.9 Å². The second-order valence-corrected chi connectivity index (χ2v) is 5.72. The largest absolute Gasteiger partial charge is 0.444 e. The summed E-state index contributed by atoms with van der Waals surface area (Å²) in [4.78, 5) is 23.6. The Morgan fingerprint density at radius 2 is 1.57 bits per heavy atom. The van der Waals surface area contributed by atoms with E-state index in [1.165, 1.54) is 12.2 Å². The quantitative estimate of drug-likeness (QED) is 0.630. The van der Waals surface area contributed by atoms with Gasteiger partial charge in [0, 0.05) is 16.9 Å². The molecular weight excluding hydrogens is 292 g/mol. The normalized spacial score (nSPS) is 11.3. The highest BCUT2D eigenvalue weighted by Gasteiger charge is 2.16. The van der Waals surface area contributed by atoms with Crippen molar-refractivity contribution in [2.75, 3.05) is 10.6 Å². The van der Waals surface area contributed by atoms with E-state index in [2.05, 4.69) is 23.8 Å². The summed E-state index contributed by atoms with van der Waals surface area (Å²) in [5.41, 5.74) is 1.02. The lowest BCUT2D eigenvalue weighted by Gasteiger charge is -2.19. The Morgan fingerprint density at radius 1 is 1.04 bits per heavy atom. The van der Waals surface area contributed by atoms with Gasteiger partial charge in [-0.25, -0.2) is 4.79 Å². The van der Waals surface area contributed by atoms with Crippen LogP contribution in [0.15, 0.2) is 61.2 Å². The lowest BCUT2D eigenvalue weighted by molar-refractivity contribution is -0.112. The van der Waals surface area contributed by atoms with Crippen molar-refractivity contribution in [3.63, 3.8) is 0 Å². The van der Waals surface area contributed by atoms with Gasteiger partial charge in [-0.05, 0) is 45.0 Å². The van der Waals surface area contributed by atoms with Gasteiger partial charge in [0.1, 0.15) is 5.60 Å². The number of carbonyl (C=O) groups excluding carboxylic acids is 2. The molecule has 0 aliphatic heterocycles. The molecule has 0 bridgehead atoms. The summed E-state index contributed by atoms with van der Waals surface area (Å²) in [6, 6.07) is 6.70. The van der Waals surface area contributed by atoms with E-state index >= 15 is 0 Å². The van der Waals surface area contributed by atoms with E-state index in [1.807, 2.05) is 0 Å². The Hall–Kier alpha value is -2.82. The van der Waals surface area contributed by atoms with E-state index in [4.69, 9.17) is 4.74 Å². The van der Waals surface area contributed by atoms with Crippen LogP contribution in [-0.2, 0) is 9.53 Å². The molecule has 0 atom stereocenters. The van der Waals surface area contributed by atoms with E-state index in [1.54, 1.807) is 51.1 Å². The minimum absolute atomic E-state index is 0.284. The minimum atomic E-state index is -0.559. The van der Waals surface area contributed by atoms with Crippen LogP contribution in [0.25, 0.3) is 0 Å². The first-order chi connectivity index (χ1) is 10.7. The monoisotopic (exact) mass is 314 g/mol. The first kappa shape index (κ1) is 18.2. The van der Waals surface area contributed by atoms with Crippen LogP contribution in [0.3, 0.4) is 0 Å². The number of allylic oxidation sites excluding steroid dienone is 2. The molecule has 5 heteroatoms. The van der Waals surface area contributed by atoms with Gasteiger partial charge >= 0.3 is 6.09 Å². The maximum Gasteiger partial charge on any atom is 0.412 e. The van der Waals surface area contributed by atoms with Crippen LogP contribution in [0.4, 0.5) is 16.2 Å². The summed E-state index contributed by atoms with van der Waals surface area (Å²) < 4.78 is 5.16. The van der Waals surface area contributed by atoms with E-state index in [9.17, 15) is 9.59 Å². The van der Waals surface area contributed by atoms with Crippen molar-refractivity contribution in [1.82, 2.24) is 0 Å². The number of carbonyl (C=O) groups is 2. The summed E-state index contributed by atoms with van der Waals surface area (Å²) in [5.74, 6) is -0.284. The predicted molar refractivity (Wildman–Crippen MR) is 93.4 cm³/mol. The number of anilines is 2. The average Bonchev–Trinajstić information content (AvgIpc) is 2.44. The maximum atomic E-state index is 12.0. The lowest BCUT2D eigenvalue weighted by Crippen LogP contribution is -2.27. The molecule has 0 radical (unpaired) electrons. The number of rotatable bonds is 5. The molecule has 0 aliphatic rings. The average molecular weight is 314 g/mol. The molecule has 0 heterocycles. The molecule has 0 aromatic heterocycles. The van der Waals surface area contributed by atoms with Crippen LogP contribution in [0.5, 0.6) is 0 Å². The number of hydrogen-bond acceptors (Lipinski definition) is 3.